The van der Waals surface area contributed by atoms with Crippen LogP contribution in [-0.2, 0) is 9.59 Å². The number of hydrogen-bond acceptors (Lipinski definition) is 6. The molecule has 0 saturated carbocycles. The topological polar surface area (TPSA) is 90.7 Å². The van der Waals surface area contributed by atoms with Gasteiger partial charge < -0.3 is 10.2 Å². The number of aryl methyl sites for hydroxylation is 2. The van der Waals surface area contributed by atoms with Crippen molar-refractivity contribution in [3.8, 4) is 5.75 Å². The van der Waals surface area contributed by atoms with E-state index in [-0.39, 0.29) is 17.1 Å². The molecule has 4 rings (SSSR count). The first kappa shape index (κ1) is 18.9. The summed E-state index contributed by atoms with van der Waals surface area (Å²) in [5.41, 5.74) is 1.81. The minimum atomic E-state index is -0.847. The van der Waals surface area contributed by atoms with Gasteiger partial charge in [0.15, 0.2) is 5.13 Å². The Kier molecular flexibility index (Phi) is 4.68. The van der Waals surface area contributed by atoms with Crippen molar-refractivity contribution < 1.29 is 19.8 Å². The number of carbonyl (C=O) groups excluding carboxylic acids is 2. The summed E-state index contributed by atoms with van der Waals surface area (Å²) in [5, 5.41) is 21.0. The van der Waals surface area contributed by atoms with E-state index in [2.05, 4.69) is 4.98 Å². The van der Waals surface area contributed by atoms with Gasteiger partial charge in [0.1, 0.15) is 11.5 Å². The Hall–Kier alpha value is -3.45. The number of aromatic hydroxyl groups is 1. The van der Waals surface area contributed by atoms with Gasteiger partial charge in [-0.15, -0.1) is 11.3 Å². The largest absolute Gasteiger partial charge is 0.508 e. The summed E-state index contributed by atoms with van der Waals surface area (Å²) in [7, 11) is 0. The molecular formula is C22H18N2O4S. The molecule has 1 aromatic heterocycles. The van der Waals surface area contributed by atoms with Gasteiger partial charge in [-0.2, -0.15) is 0 Å². The fourth-order valence-electron chi connectivity index (χ4n) is 3.31. The van der Waals surface area contributed by atoms with E-state index in [1.165, 1.54) is 28.4 Å². The zero-order valence-corrected chi connectivity index (χ0v) is 16.6. The van der Waals surface area contributed by atoms with Crippen LogP contribution < -0.4 is 4.90 Å². The normalized spacial score (nSPS) is 18.4. The van der Waals surface area contributed by atoms with Crippen molar-refractivity contribution in [3.05, 3.63) is 81.9 Å². The maximum Gasteiger partial charge on any atom is 0.301 e. The van der Waals surface area contributed by atoms with Crippen LogP contribution in [0.15, 0.2) is 60.2 Å². The Morgan fingerprint density at radius 2 is 1.69 bits per heavy atom. The number of rotatable bonds is 3. The van der Waals surface area contributed by atoms with Crippen LogP contribution in [0.25, 0.3) is 5.76 Å². The number of thiazole rings is 1. The quantitative estimate of drug-likeness (QED) is 0.388. The molecule has 3 aromatic rings. The molecule has 0 unspecified atom stereocenters. The van der Waals surface area contributed by atoms with E-state index in [0.29, 0.717) is 16.3 Å². The average molecular weight is 406 g/mol. The van der Waals surface area contributed by atoms with Crippen molar-refractivity contribution >= 4 is 33.9 Å². The van der Waals surface area contributed by atoms with Gasteiger partial charge >= 0.3 is 5.91 Å². The number of phenolic OH excluding ortho intramolecular Hbond substituents is 1. The van der Waals surface area contributed by atoms with Gasteiger partial charge in [-0.05, 0) is 31.5 Å². The summed E-state index contributed by atoms with van der Waals surface area (Å²) in [6.45, 7) is 3.73. The number of hydrogen-bond donors (Lipinski definition) is 2. The first-order valence-corrected chi connectivity index (χ1v) is 9.79. The predicted molar refractivity (Wildman–Crippen MR) is 111 cm³/mol. The number of anilines is 1. The lowest BCUT2D eigenvalue weighted by Crippen LogP contribution is -2.29. The highest BCUT2D eigenvalue weighted by atomic mass is 32.1. The summed E-state index contributed by atoms with van der Waals surface area (Å²) in [5.74, 6) is -1.69. The zero-order chi connectivity index (χ0) is 20.7. The maximum atomic E-state index is 13.0. The lowest BCUT2D eigenvalue weighted by Gasteiger charge is -2.23. The number of benzene rings is 2. The van der Waals surface area contributed by atoms with Gasteiger partial charge in [0.25, 0.3) is 5.78 Å². The fraction of sp³-hybridized carbons (Fsp3) is 0.136. The molecule has 0 spiro atoms. The van der Waals surface area contributed by atoms with Crippen molar-refractivity contribution in [1.29, 1.82) is 0 Å². The number of aromatic nitrogens is 1. The van der Waals surface area contributed by atoms with Gasteiger partial charge in [0, 0.05) is 10.4 Å². The third-order valence-electron chi connectivity index (χ3n) is 4.92. The van der Waals surface area contributed by atoms with Crippen molar-refractivity contribution in [2.45, 2.75) is 19.9 Å². The van der Waals surface area contributed by atoms with Gasteiger partial charge in [0.2, 0.25) is 0 Å². The van der Waals surface area contributed by atoms with Gasteiger partial charge in [-0.25, -0.2) is 4.98 Å². The van der Waals surface area contributed by atoms with E-state index in [1.807, 2.05) is 13.8 Å². The van der Waals surface area contributed by atoms with Crippen molar-refractivity contribution in [2.24, 2.45) is 0 Å². The van der Waals surface area contributed by atoms with Crippen LogP contribution in [0.5, 0.6) is 5.75 Å². The molecule has 7 heteroatoms. The van der Waals surface area contributed by atoms with Crippen LogP contribution in [-0.4, -0.2) is 26.9 Å². The summed E-state index contributed by atoms with van der Waals surface area (Å²) in [6, 6.07) is 14.0. The number of ketones is 1. The minimum absolute atomic E-state index is 0.00241. The van der Waals surface area contributed by atoms with E-state index in [0.717, 1.165) is 10.6 Å². The van der Waals surface area contributed by atoms with Crippen LogP contribution in [0, 0.1) is 13.8 Å². The molecule has 29 heavy (non-hydrogen) atoms. The third-order valence-corrected chi connectivity index (χ3v) is 6.00. The standard InChI is InChI=1S/C22H18N2O4S/c1-12-13(2)29-22(23-12)24-18(14-8-10-16(25)11-9-14)17(20(27)21(24)28)19(26)15-6-4-3-5-7-15/h3-11,18,25-26H,1-2H3/t18-/m1/s1. The van der Waals surface area contributed by atoms with Crippen LogP contribution >= 0.6 is 11.3 Å². The van der Waals surface area contributed by atoms with Crippen LogP contribution in [0.2, 0.25) is 0 Å². The number of phenols is 1. The molecule has 2 heterocycles. The Bertz CT molecular complexity index is 1110. The molecule has 1 aliphatic heterocycles. The molecule has 1 fully saturated rings. The van der Waals surface area contributed by atoms with Crippen molar-refractivity contribution in [3.63, 3.8) is 0 Å². The highest BCUT2D eigenvalue weighted by molar-refractivity contribution is 7.16. The van der Waals surface area contributed by atoms with E-state index in [9.17, 15) is 19.8 Å². The van der Waals surface area contributed by atoms with Crippen LogP contribution in [0.1, 0.15) is 27.7 Å². The number of aliphatic hydroxyl groups excluding tert-OH is 1. The Morgan fingerprint density at radius 1 is 1.03 bits per heavy atom. The van der Waals surface area contributed by atoms with Crippen LogP contribution in [0.4, 0.5) is 5.13 Å². The predicted octanol–water partition coefficient (Wildman–Crippen LogP) is 4.09. The van der Waals surface area contributed by atoms with Gasteiger partial charge in [-0.3, -0.25) is 14.5 Å². The van der Waals surface area contributed by atoms with Crippen molar-refractivity contribution in [2.75, 3.05) is 4.90 Å². The second-order valence-corrected chi connectivity index (χ2v) is 7.95. The Balaban J connectivity index is 1.95. The molecule has 146 valence electrons. The molecule has 0 radical (unpaired) electrons. The number of carbonyl (C=O) groups is 2. The molecule has 0 bridgehead atoms. The first-order chi connectivity index (χ1) is 13.9. The summed E-state index contributed by atoms with van der Waals surface area (Å²) >= 11 is 1.32. The van der Waals surface area contributed by atoms with Crippen LogP contribution in [0.3, 0.4) is 0 Å². The Morgan fingerprint density at radius 3 is 2.28 bits per heavy atom. The minimum Gasteiger partial charge on any atom is -0.508 e. The zero-order valence-electron chi connectivity index (χ0n) is 15.8. The second kappa shape index (κ2) is 7.18. The molecule has 1 atom stereocenters. The average Bonchev–Trinajstić information content (AvgIpc) is 3.18. The maximum absolute atomic E-state index is 13.0. The molecule has 0 aliphatic carbocycles. The first-order valence-electron chi connectivity index (χ1n) is 8.98. The van der Waals surface area contributed by atoms with Crippen molar-refractivity contribution in [1.82, 2.24) is 4.98 Å². The lowest BCUT2D eigenvalue weighted by atomic mass is 9.95. The van der Waals surface area contributed by atoms with E-state index in [1.54, 1.807) is 42.5 Å². The molecule has 2 N–H and O–H groups in total. The molecule has 1 aliphatic rings. The number of amides is 1. The fourth-order valence-corrected chi connectivity index (χ4v) is 4.25. The second-order valence-electron chi connectivity index (χ2n) is 6.76. The molecule has 6 nitrogen and oxygen atoms in total. The number of aliphatic hydroxyl groups is 1. The lowest BCUT2D eigenvalue weighted by molar-refractivity contribution is -0.132. The molecular weight excluding hydrogens is 388 g/mol. The molecule has 2 aromatic carbocycles. The van der Waals surface area contributed by atoms with E-state index < -0.39 is 17.7 Å². The smallest absolute Gasteiger partial charge is 0.301 e. The number of Topliss-reactive ketones (excluding diaryl/α,β-unsaturated/α-hetero) is 1. The van der Waals surface area contributed by atoms with E-state index in [4.69, 9.17) is 0 Å². The summed E-state index contributed by atoms with van der Waals surface area (Å²) in [4.78, 5) is 32.7. The SMILES string of the molecule is Cc1nc(N2C(=O)C(=O)C(=C(O)c3ccccc3)[C@H]2c2ccc(O)cc2)sc1C. The summed E-state index contributed by atoms with van der Waals surface area (Å²) < 4.78 is 0. The molecule has 1 amide bonds. The third kappa shape index (κ3) is 3.19. The van der Waals surface area contributed by atoms with Gasteiger partial charge in [-0.1, -0.05) is 42.5 Å². The highest BCUT2D eigenvalue weighted by Crippen LogP contribution is 2.43. The number of nitrogens with zero attached hydrogens (tertiary/aromatic N) is 2. The van der Waals surface area contributed by atoms with E-state index >= 15 is 0 Å². The summed E-state index contributed by atoms with van der Waals surface area (Å²) in [6.07, 6.45) is 0. The monoisotopic (exact) mass is 406 g/mol. The Labute approximate surface area is 171 Å². The molecule has 1 saturated heterocycles. The highest BCUT2D eigenvalue weighted by Gasteiger charge is 2.48. The van der Waals surface area contributed by atoms with Gasteiger partial charge in [0.05, 0.1) is 17.3 Å².